The molecule has 1 amide bonds. The number of carbonyl (C=O) groups excluding carboxylic acids is 1. The maximum absolute atomic E-state index is 12.0. The number of carboxylic acid groups (broad SMARTS) is 1. The lowest BCUT2D eigenvalue weighted by Gasteiger charge is -2.12. The molecule has 0 spiro atoms. The van der Waals surface area contributed by atoms with Crippen molar-refractivity contribution in [2.24, 2.45) is 5.92 Å². The van der Waals surface area contributed by atoms with Gasteiger partial charge in [0.1, 0.15) is 5.75 Å². The fourth-order valence-electron chi connectivity index (χ4n) is 2.34. The number of hydrogen-bond acceptors (Lipinski definition) is 4. The van der Waals surface area contributed by atoms with Gasteiger partial charge >= 0.3 is 5.97 Å². The van der Waals surface area contributed by atoms with E-state index >= 15 is 0 Å². The third-order valence-corrected chi connectivity index (χ3v) is 3.45. The van der Waals surface area contributed by atoms with E-state index in [2.05, 4.69) is 10.6 Å². The summed E-state index contributed by atoms with van der Waals surface area (Å²) in [5.74, 6) is -0.192. The number of amides is 1. The van der Waals surface area contributed by atoms with Crippen molar-refractivity contribution in [2.75, 3.05) is 25.0 Å². The predicted molar refractivity (Wildman–Crippen MR) is 78.4 cm³/mol. The number of anilines is 1. The topological polar surface area (TPSA) is 87.7 Å². The van der Waals surface area contributed by atoms with E-state index in [9.17, 15) is 9.59 Å². The summed E-state index contributed by atoms with van der Waals surface area (Å²) in [6.07, 6.45) is 2.43. The Labute approximate surface area is 123 Å². The van der Waals surface area contributed by atoms with Gasteiger partial charge < -0.3 is 20.5 Å². The van der Waals surface area contributed by atoms with Crippen LogP contribution in [0.25, 0.3) is 0 Å². The molecule has 1 heterocycles. The van der Waals surface area contributed by atoms with Gasteiger partial charge in [-0.05, 0) is 44.0 Å². The van der Waals surface area contributed by atoms with Crippen LogP contribution in [-0.2, 0) is 9.59 Å². The highest BCUT2D eigenvalue weighted by Gasteiger charge is 2.16. The minimum absolute atomic E-state index is 0.0757. The van der Waals surface area contributed by atoms with Gasteiger partial charge in [-0.2, -0.15) is 0 Å². The Morgan fingerprint density at radius 1 is 1.38 bits per heavy atom. The Hall–Kier alpha value is -2.08. The van der Waals surface area contributed by atoms with Gasteiger partial charge in [0.2, 0.25) is 5.91 Å². The number of benzene rings is 1. The lowest BCUT2D eigenvalue weighted by Crippen LogP contribution is -2.16. The Morgan fingerprint density at radius 2 is 2.19 bits per heavy atom. The van der Waals surface area contributed by atoms with Crippen molar-refractivity contribution in [3.8, 4) is 5.75 Å². The van der Waals surface area contributed by atoms with Gasteiger partial charge in [-0.3, -0.25) is 4.79 Å². The van der Waals surface area contributed by atoms with Crippen LogP contribution in [0, 0.1) is 5.92 Å². The number of hydrogen-bond donors (Lipinski definition) is 3. The van der Waals surface area contributed by atoms with Crippen LogP contribution in [0.5, 0.6) is 5.75 Å². The zero-order chi connectivity index (χ0) is 15.1. The first-order chi connectivity index (χ1) is 10.1. The molecule has 1 fully saturated rings. The van der Waals surface area contributed by atoms with Gasteiger partial charge in [-0.15, -0.1) is 0 Å². The van der Waals surface area contributed by atoms with Crippen molar-refractivity contribution < 1.29 is 19.4 Å². The molecule has 114 valence electrons. The molecule has 0 aliphatic carbocycles. The van der Waals surface area contributed by atoms with Crippen LogP contribution in [-0.4, -0.2) is 36.7 Å². The summed E-state index contributed by atoms with van der Waals surface area (Å²) in [5, 5.41) is 14.7. The molecule has 0 radical (unpaired) electrons. The third kappa shape index (κ3) is 5.07. The molecule has 1 aromatic carbocycles. The first-order valence-corrected chi connectivity index (χ1v) is 7.09. The Bertz CT molecular complexity index is 498. The number of ether oxygens (including phenoxy) is 1. The summed E-state index contributed by atoms with van der Waals surface area (Å²) in [7, 11) is 0. The average molecular weight is 292 g/mol. The highest BCUT2D eigenvalue weighted by molar-refractivity contribution is 5.92. The van der Waals surface area contributed by atoms with E-state index in [-0.39, 0.29) is 5.91 Å². The van der Waals surface area contributed by atoms with Gasteiger partial charge in [-0.1, -0.05) is 12.1 Å². The fourth-order valence-corrected chi connectivity index (χ4v) is 2.34. The number of para-hydroxylation sites is 2. The largest absolute Gasteiger partial charge is 0.480 e. The van der Waals surface area contributed by atoms with Crippen molar-refractivity contribution in [1.82, 2.24) is 5.32 Å². The van der Waals surface area contributed by atoms with E-state index in [1.165, 1.54) is 0 Å². The first kappa shape index (κ1) is 15.3. The molecule has 6 heteroatoms. The van der Waals surface area contributed by atoms with E-state index in [0.717, 1.165) is 25.9 Å². The molecule has 1 unspecified atom stereocenters. The first-order valence-electron chi connectivity index (χ1n) is 7.09. The average Bonchev–Trinajstić information content (AvgIpc) is 2.97. The standard InChI is InChI=1S/C15H20N2O4/c18-14(6-5-11-7-8-16-9-11)17-12-3-1-2-4-13(12)21-10-15(19)20/h1-4,11,16H,5-10H2,(H,17,18)(H,19,20). The smallest absolute Gasteiger partial charge is 0.341 e. The van der Waals surface area contributed by atoms with Gasteiger partial charge in [0.05, 0.1) is 5.69 Å². The molecule has 1 saturated heterocycles. The quantitative estimate of drug-likeness (QED) is 0.708. The second-order valence-corrected chi connectivity index (χ2v) is 5.12. The molecule has 3 N–H and O–H groups in total. The van der Waals surface area contributed by atoms with E-state index in [1.54, 1.807) is 24.3 Å². The summed E-state index contributed by atoms with van der Waals surface area (Å²) in [4.78, 5) is 22.5. The van der Waals surface area contributed by atoms with Gasteiger partial charge in [0, 0.05) is 6.42 Å². The molecular formula is C15H20N2O4. The van der Waals surface area contributed by atoms with Gasteiger partial charge in [0.15, 0.2) is 6.61 Å². The second-order valence-electron chi connectivity index (χ2n) is 5.12. The molecule has 2 rings (SSSR count). The molecule has 0 bridgehead atoms. The maximum atomic E-state index is 12.0. The lowest BCUT2D eigenvalue weighted by molar-refractivity contribution is -0.139. The highest BCUT2D eigenvalue weighted by atomic mass is 16.5. The van der Waals surface area contributed by atoms with Crippen LogP contribution in [0.2, 0.25) is 0 Å². The number of aliphatic carboxylic acids is 1. The van der Waals surface area contributed by atoms with E-state index in [1.807, 2.05) is 0 Å². The molecule has 1 atom stereocenters. The molecule has 1 aliphatic heterocycles. The summed E-state index contributed by atoms with van der Waals surface area (Å²) >= 11 is 0. The third-order valence-electron chi connectivity index (χ3n) is 3.45. The van der Waals surface area contributed by atoms with Crippen LogP contribution in [0.15, 0.2) is 24.3 Å². The summed E-state index contributed by atoms with van der Waals surface area (Å²) in [6.45, 7) is 1.57. The van der Waals surface area contributed by atoms with Crippen LogP contribution in [0.4, 0.5) is 5.69 Å². The number of carboxylic acids is 1. The van der Waals surface area contributed by atoms with Crippen LogP contribution in [0.3, 0.4) is 0 Å². The summed E-state index contributed by atoms with van der Waals surface area (Å²) < 4.78 is 5.15. The molecule has 0 saturated carbocycles. The zero-order valence-electron chi connectivity index (χ0n) is 11.8. The van der Waals surface area contributed by atoms with Crippen molar-refractivity contribution >= 4 is 17.6 Å². The molecule has 1 aliphatic rings. The monoisotopic (exact) mass is 292 g/mol. The van der Waals surface area contributed by atoms with Crippen molar-refractivity contribution in [3.63, 3.8) is 0 Å². The van der Waals surface area contributed by atoms with E-state index in [0.29, 0.717) is 23.8 Å². The van der Waals surface area contributed by atoms with Crippen LogP contribution in [0.1, 0.15) is 19.3 Å². The van der Waals surface area contributed by atoms with Crippen LogP contribution < -0.4 is 15.4 Å². The maximum Gasteiger partial charge on any atom is 0.341 e. The number of nitrogens with one attached hydrogen (secondary N) is 2. The van der Waals surface area contributed by atoms with Gasteiger partial charge in [-0.25, -0.2) is 4.79 Å². The normalized spacial score (nSPS) is 17.4. The molecule has 21 heavy (non-hydrogen) atoms. The second kappa shape index (κ2) is 7.64. The summed E-state index contributed by atoms with van der Waals surface area (Å²) in [6, 6.07) is 6.84. The zero-order valence-corrected chi connectivity index (χ0v) is 11.8. The van der Waals surface area contributed by atoms with Crippen molar-refractivity contribution in [1.29, 1.82) is 0 Å². The van der Waals surface area contributed by atoms with Crippen molar-refractivity contribution in [2.45, 2.75) is 19.3 Å². The summed E-state index contributed by atoms with van der Waals surface area (Å²) in [5.41, 5.74) is 0.508. The molecular weight excluding hydrogens is 272 g/mol. The molecule has 6 nitrogen and oxygen atoms in total. The molecule has 1 aromatic rings. The number of carbonyl (C=O) groups is 2. The van der Waals surface area contributed by atoms with E-state index in [4.69, 9.17) is 9.84 Å². The van der Waals surface area contributed by atoms with Gasteiger partial charge in [0.25, 0.3) is 0 Å². The fraction of sp³-hybridized carbons (Fsp3) is 0.467. The minimum atomic E-state index is -1.05. The number of rotatable bonds is 7. The Morgan fingerprint density at radius 3 is 2.90 bits per heavy atom. The Balaban J connectivity index is 1.85. The van der Waals surface area contributed by atoms with Crippen LogP contribution >= 0.6 is 0 Å². The highest BCUT2D eigenvalue weighted by Crippen LogP contribution is 2.24. The lowest BCUT2D eigenvalue weighted by atomic mass is 10.0. The minimum Gasteiger partial charge on any atom is -0.480 e. The SMILES string of the molecule is O=C(O)COc1ccccc1NC(=O)CCC1CCNC1. The Kier molecular flexibility index (Phi) is 5.57. The predicted octanol–water partition coefficient (Wildman–Crippen LogP) is 1.48. The van der Waals surface area contributed by atoms with E-state index < -0.39 is 12.6 Å². The molecule has 0 aromatic heterocycles. The van der Waals surface area contributed by atoms with Crippen molar-refractivity contribution in [3.05, 3.63) is 24.3 Å².